The van der Waals surface area contributed by atoms with Crippen LogP contribution in [-0.2, 0) is 11.2 Å². The number of halogens is 1. The zero-order chi connectivity index (χ0) is 20.5. The molecule has 0 fully saturated rings. The minimum absolute atomic E-state index is 0. The number of hydrogen-bond acceptors (Lipinski definition) is 6. The van der Waals surface area contributed by atoms with Gasteiger partial charge in [0.25, 0.3) is 0 Å². The first-order chi connectivity index (χ1) is 13.5. The maximum absolute atomic E-state index is 13.0. The van der Waals surface area contributed by atoms with Gasteiger partial charge in [-0.1, -0.05) is 17.7 Å². The Morgan fingerprint density at radius 1 is 1.24 bits per heavy atom. The van der Waals surface area contributed by atoms with Crippen molar-refractivity contribution in [1.82, 2.24) is 4.98 Å². The number of aromatic nitrogens is 1. The third-order valence-corrected chi connectivity index (χ3v) is 3.92. The number of aromatic hydroxyl groups is 1. The van der Waals surface area contributed by atoms with Crippen molar-refractivity contribution >= 4 is 24.3 Å². The monoisotopic (exact) mass is 419 g/mol. The van der Waals surface area contributed by atoms with Gasteiger partial charge in [0, 0.05) is 24.9 Å². The molecule has 2 rings (SSSR count). The Balaban J connectivity index is 0.00000420. The number of pyridine rings is 1. The molecule has 0 spiro atoms. The molecule has 0 saturated carbocycles. The quantitative estimate of drug-likeness (QED) is 0.277. The molecular weight excluding hydrogens is 394 g/mol. The summed E-state index contributed by atoms with van der Waals surface area (Å²) in [5.41, 5.74) is 2.45. The average Bonchev–Trinajstić information content (AvgIpc) is 2.69. The van der Waals surface area contributed by atoms with E-state index >= 15 is 0 Å². The molecule has 0 unspecified atom stereocenters. The summed E-state index contributed by atoms with van der Waals surface area (Å²) >= 11 is 0. The van der Waals surface area contributed by atoms with Crippen LogP contribution in [0.25, 0.3) is 6.08 Å². The normalized spacial score (nSPS) is 10.3. The molecule has 0 atom stereocenters. The molecule has 1 aromatic carbocycles. The van der Waals surface area contributed by atoms with E-state index in [-0.39, 0.29) is 47.8 Å². The van der Waals surface area contributed by atoms with Crippen LogP contribution in [0.2, 0.25) is 0 Å². The van der Waals surface area contributed by atoms with Gasteiger partial charge in [-0.2, -0.15) is 0 Å². The van der Waals surface area contributed by atoms with E-state index < -0.39 is 0 Å². The lowest BCUT2D eigenvalue weighted by molar-refractivity contribution is 0.0494. The van der Waals surface area contributed by atoms with Crippen molar-refractivity contribution in [3.63, 3.8) is 0 Å². The van der Waals surface area contributed by atoms with Crippen LogP contribution in [0.1, 0.15) is 35.5 Å². The van der Waals surface area contributed by atoms with E-state index in [4.69, 9.17) is 14.2 Å². The summed E-state index contributed by atoms with van der Waals surface area (Å²) in [5.74, 6) is 0.129. The third-order valence-electron chi connectivity index (χ3n) is 3.92. The molecule has 7 heteroatoms. The van der Waals surface area contributed by atoms with Gasteiger partial charge in [-0.15, -0.1) is 12.4 Å². The molecule has 2 aromatic rings. The zero-order valence-electron chi connectivity index (χ0n) is 17.0. The fourth-order valence-corrected chi connectivity index (χ4v) is 2.56. The summed E-state index contributed by atoms with van der Waals surface area (Å²) in [6, 6.07) is 6.85. The molecule has 156 valence electrons. The lowest BCUT2D eigenvalue weighted by atomic mass is 9.99. The average molecular weight is 420 g/mol. The predicted octanol–water partition coefficient (Wildman–Crippen LogP) is 4.61. The summed E-state index contributed by atoms with van der Waals surface area (Å²) < 4.78 is 16.0. The van der Waals surface area contributed by atoms with Gasteiger partial charge in [0.2, 0.25) is 0 Å². The zero-order valence-corrected chi connectivity index (χ0v) is 17.8. The van der Waals surface area contributed by atoms with E-state index in [2.05, 4.69) is 4.98 Å². The van der Waals surface area contributed by atoms with Gasteiger partial charge in [0.1, 0.15) is 22.8 Å². The Morgan fingerprint density at radius 2 is 2.00 bits per heavy atom. The van der Waals surface area contributed by atoms with E-state index in [1.807, 2.05) is 26.0 Å². The Kier molecular flexibility index (Phi) is 9.92. The molecule has 29 heavy (non-hydrogen) atoms. The van der Waals surface area contributed by atoms with E-state index in [1.54, 1.807) is 24.4 Å². The van der Waals surface area contributed by atoms with Gasteiger partial charge in [-0.25, -0.2) is 0 Å². The van der Waals surface area contributed by atoms with Crippen molar-refractivity contribution in [2.45, 2.75) is 20.3 Å². The van der Waals surface area contributed by atoms with Gasteiger partial charge in [0.15, 0.2) is 12.6 Å². The Labute approximate surface area is 177 Å². The maximum atomic E-state index is 13.0. The summed E-state index contributed by atoms with van der Waals surface area (Å²) in [4.78, 5) is 17.1. The molecule has 1 aromatic heterocycles. The number of ketones is 1. The van der Waals surface area contributed by atoms with Crippen molar-refractivity contribution in [2.24, 2.45) is 0 Å². The summed E-state index contributed by atoms with van der Waals surface area (Å²) in [6.07, 6.45) is 7.02. The molecule has 1 N–H and O–H groups in total. The van der Waals surface area contributed by atoms with Crippen LogP contribution >= 0.6 is 12.4 Å². The standard InChI is InChI=1S/C22H25NO5.ClH/c1-15(2)8-10-17-19(25)13-20(27-4)21(22(17)28-14-26-3)18(24)11-9-16-7-5-6-12-23-16;/h5-9,11-13,25H,10,14H2,1-4H3;1H. The second kappa shape index (κ2) is 11.9. The molecule has 6 nitrogen and oxygen atoms in total. The van der Waals surface area contributed by atoms with E-state index in [0.29, 0.717) is 17.7 Å². The van der Waals surface area contributed by atoms with E-state index in [0.717, 1.165) is 5.57 Å². The van der Waals surface area contributed by atoms with Gasteiger partial charge in [-0.05, 0) is 44.6 Å². The minimum Gasteiger partial charge on any atom is -0.507 e. The number of phenolic OH excluding ortho intramolecular Hbond substituents is 1. The van der Waals surface area contributed by atoms with Crippen LogP contribution in [-0.4, -0.2) is 36.9 Å². The smallest absolute Gasteiger partial charge is 0.193 e. The first kappa shape index (κ1) is 24.2. The minimum atomic E-state index is -0.327. The maximum Gasteiger partial charge on any atom is 0.193 e. The molecule has 0 aliphatic rings. The molecule has 1 heterocycles. The van der Waals surface area contributed by atoms with Crippen molar-refractivity contribution in [3.8, 4) is 17.2 Å². The lowest BCUT2D eigenvalue weighted by Gasteiger charge is -2.18. The number of hydrogen-bond donors (Lipinski definition) is 1. The summed E-state index contributed by atoms with van der Waals surface area (Å²) in [5, 5.41) is 10.5. The van der Waals surface area contributed by atoms with Crippen molar-refractivity contribution in [2.75, 3.05) is 21.0 Å². The van der Waals surface area contributed by atoms with Crippen LogP contribution < -0.4 is 9.47 Å². The number of phenols is 1. The SMILES string of the molecule is COCOc1c(CC=C(C)C)c(O)cc(OC)c1C(=O)C=Cc1ccccn1.Cl. The molecule has 0 saturated heterocycles. The highest BCUT2D eigenvalue weighted by Crippen LogP contribution is 2.40. The first-order valence-corrected chi connectivity index (χ1v) is 8.79. The number of rotatable bonds is 9. The highest BCUT2D eigenvalue weighted by molar-refractivity contribution is 6.11. The molecule has 0 amide bonds. The molecule has 0 aliphatic carbocycles. The largest absolute Gasteiger partial charge is 0.507 e. The van der Waals surface area contributed by atoms with Gasteiger partial charge >= 0.3 is 0 Å². The van der Waals surface area contributed by atoms with Crippen LogP contribution in [0, 0.1) is 0 Å². The molecule has 0 radical (unpaired) electrons. The van der Waals surface area contributed by atoms with Gasteiger partial charge in [-0.3, -0.25) is 9.78 Å². The van der Waals surface area contributed by atoms with Crippen LogP contribution in [0.3, 0.4) is 0 Å². The number of carbonyl (C=O) groups excluding carboxylic acids is 1. The number of ether oxygens (including phenoxy) is 3. The number of methoxy groups -OCH3 is 2. The molecule has 0 bridgehead atoms. The van der Waals surface area contributed by atoms with Crippen molar-refractivity contribution in [1.29, 1.82) is 0 Å². The first-order valence-electron chi connectivity index (χ1n) is 8.79. The van der Waals surface area contributed by atoms with Gasteiger partial charge < -0.3 is 19.3 Å². The van der Waals surface area contributed by atoms with E-state index in [1.165, 1.54) is 26.4 Å². The van der Waals surface area contributed by atoms with Crippen LogP contribution in [0.5, 0.6) is 17.2 Å². The highest BCUT2D eigenvalue weighted by Gasteiger charge is 2.23. The number of nitrogens with zero attached hydrogens (tertiary/aromatic N) is 1. The Hall–Kier alpha value is -2.83. The Morgan fingerprint density at radius 3 is 2.59 bits per heavy atom. The molecular formula is C22H26ClNO5. The van der Waals surface area contributed by atoms with Gasteiger partial charge in [0.05, 0.1) is 12.8 Å². The van der Waals surface area contributed by atoms with Crippen molar-refractivity contribution < 1.29 is 24.1 Å². The van der Waals surface area contributed by atoms with E-state index in [9.17, 15) is 9.90 Å². The second-order valence-electron chi connectivity index (χ2n) is 6.27. The highest BCUT2D eigenvalue weighted by atomic mass is 35.5. The number of allylic oxidation sites excluding steroid dienone is 3. The fourth-order valence-electron chi connectivity index (χ4n) is 2.56. The van der Waals surface area contributed by atoms with Crippen LogP contribution in [0.15, 0.2) is 48.2 Å². The Bertz CT molecular complexity index is 875. The topological polar surface area (TPSA) is 77.9 Å². The molecule has 0 aliphatic heterocycles. The second-order valence-corrected chi connectivity index (χ2v) is 6.27. The fraction of sp³-hybridized carbons (Fsp3) is 0.273. The number of benzene rings is 1. The van der Waals surface area contributed by atoms with Crippen LogP contribution in [0.4, 0.5) is 0 Å². The van der Waals surface area contributed by atoms with Crippen molar-refractivity contribution in [3.05, 3.63) is 65.0 Å². The lowest BCUT2D eigenvalue weighted by Crippen LogP contribution is -2.09. The summed E-state index contributed by atoms with van der Waals surface area (Å²) in [7, 11) is 2.92. The number of carbonyl (C=O) groups is 1. The summed E-state index contributed by atoms with van der Waals surface area (Å²) in [6.45, 7) is 3.84. The predicted molar refractivity (Wildman–Crippen MR) is 115 cm³/mol. The third kappa shape index (κ3) is 6.62.